The van der Waals surface area contributed by atoms with Gasteiger partial charge in [-0.3, -0.25) is 10.2 Å². The molecule has 9 heavy (non-hydrogen) atoms. The summed E-state index contributed by atoms with van der Waals surface area (Å²) in [6, 6.07) is 0. The van der Waals surface area contributed by atoms with E-state index < -0.39 is 17.6 Å². The molecule has 0 unspecified atom stereocenters. The second kappa shape index (κ2) is 1.82. The van der Waals surface area contributed by atoms with Crippen LogP contribution in [0.1, 0.15) is 0 Å². The summed E-state index contributed by atoms with van der Waals surface area (Å²) in [5.74, 6) is -2.51. The minimum absolute atomic E-state index is 0.834. The highest BCUT2D eigenvalue weighted by Gasteiger charge is 2.19. The zero-order chi connectivity index (χ0) is 6.85. The Kier molecular flexibility index (Phi) is 1.16. The highest BCUT2D eigenvalue weighted by Crippen LogP contribution is 1.99. The summed E-state index contributed by atoms with van der Waals surface area (Å²) in [5, 5.41) is 16.9. The Bertz CT molecular complexity index is 175. The first-order valence-corrected chi connectivity index (χ1v) is 2.06. The summed E-state index contributed by atoms with van der Waals surface area (Å²) in [4.78, 5) is 14.3. The van der Waals surface area contributed by atoms with Crippen molar-refractivity contribution in [2.24, 2.45) is 0 Å². The summed E-state index contributed by atoms with van der Waals surface area (Å²) in [5.41, 5.74) is 3.73. The van der Waals surface area contributed by atoms with Gasteiger partial charge >= 0.3 is 11.9 Å². The summed E-state index contributed by atoms with van der Waals surface area (Å²) >= 11 is 0. The Morgan fingerprint density at radius 2 is 2.11 bits per heavy atom. The third-order valence-corrected chi connectivity index (χ3v) is 0.730. The van der Waals surface area contributed by atoms with E-state index in [0.29, 0.717) is 0 Å². The normalized spacial score (nSPS) is 18.9. The molecule has 50 valence electrons. The maximum atomic E-state index is 10.3. The van der Waals surface area contributed by atoms with Crippen LogP contribution in [-0.2, 0) is 9.63 Å². The van der Waals surface area contributed by atoms with Crippen LogP contribution in [0, 0.1) is 0 Å². The van der Waals surface area contributed by atoms with Crippen LogP contribution in [0.25, 0.3) is 0 Å². The van der Waals surface area contributed by atoms with Crippen molar-refractivity contribution in [3.8, 4) is 0 Å². The van der Waals surface area contributed by atoms with E-state index in [0.717, 1.165) is 0 Å². The van der Waals surface area contributed by atoms with Gasteiger partial charge in [0.05, 0.1) is 0 Å². The van der Waals surface area contributed by atoms with E-state index >= 15 is 0 Å². The van der Waals surface area contributed by atoms with Gasteiger partial charge in [0.15, 0.2) is 0 Å². The average Bonchev–Trinajstić information content (AvgIpc) is 1.83. The van der Waals surface area contributed by atoms with Crippen molar-refractivity contribution in [2.75, 3.05) is 0 Å². The van der Waals surface area contributed by atoms with Crippen LogP contribution in [0.2, 0.25) is 0 Å². The molecule has 0 atom stereocenters. The van der Waals surface area contributed by atoms with Crippen molar-refractivity contribution in [1.29, 1.82) is 0 Å². The quantitative estimate of drug-likeness (QED) is 0.333. The van der Waals surface area contributed by atoms with Crippen LogP contribution in [0.15, 0.2) is 11.7 Å². The van der Waals surface area contributed by atoms with Crippen molar-refractivity contribution in [3.05, 3.63) is 11.7 Å². The molecule has 0 aromatic carbocycles. The largest absolute Gasteiger partial charge is 0.498 e. The molecule has 0 fully saturated rings. The van der Waals surface area contributed by atoms with Gasteiger partial charge in [0.25, 0.3) is 5.76 Å². The predicted octanol–water partition coefficient (Wildman–Crippen LogP) is -1.16. The van der Waals surface area contributed by atoms with Crippen molar-refractivity contribution in [3.63, 3.8) is 0 Å². The molecule has 0 aromatic rings. The number of hydrogen-bond acceptors (Lipinski definition) is 5. The predicted molar refractivity (Wildman–Crippen MR) is 24.6 cm³/mol. The van der Waals surface area contributed by atoms with Crippen LogP contribution >= 0.6 is 0 Å². The smallest absolute Gasteiger partial charge is 0.348 e. The Morgan fingerprint density at radius 3 is 2.56 bits per heavy atom. The lowest BCUT2D eigenvalue weighted by atomic mass is 10.5. The average molecular weight is 132 g/mol. The van der Waals surface area contributed by atoms with E-state index in [2.05, 4.69) is 4.84 Å². The lowest BCUT2D eigenvalue weighted by molar-refractivity contribution is -0.133. The first-order chi connectivity index (χ1) is 4.22. The number of hydrogen-bond donors (Lipinski definition) is 4. The highest BCUT2D eigenvalue weighted by molar-refractivity contribution is 5.91. The van der Waals surface area contributed by atoms with Gasteiger partial charge in [-0.2, -0.15) is 0 Å². The van der Waals surface area contributed by atoms with Crippen LogP contribution < -0.4 is 11.0 Å². The maximum absolute atomic E-state index is 10.3. The van der Waals surface area contributed by atoms with E-state index in [1.807, 2.05) is 11.0 Å². The summed E-state index contributed by atoms with van der Waals surface area (Å²) in [7, 11) is 0. The molecule has 0 aromatic heterocycles. The van der Waals surface area contributed by atoms with Gasteiger partial charge in [-0.15, -0.1) is 0 Å². The van der Waals surface area contributed by atoms with E-state index in [9.17, 15) is 4.79 Å². The second-order valence-electron chi connectivity index (χ2n) is 1.31. The molecule has 1 aliphatic heterocycles. The molecule has 0 saturated carbocycles. The molecule has 1 heterocycles. The van der Waals surface area contributed by atoms with E-state index in [1.165, 1.54) is 0 Å². The molecule has 1 amide bonds. The number of carbonyl (C=O) groups excluding carboxylic acids is 1. The van der Waals surface area contributed by atoms with Crippen LogP contribution in [0.3, 0.4) is 0 Å². The fourth-order valence-electron chi connectivity index (χ4n) is 0.325. The molecule has 0 radical (unpaired) electrons. The highest BCUT2D eigenvalue weighted by atomic mass is 16.7. The molecule has 0 bridgehead atoms. The Labute approximate surface area is 49.7 Å². The van der Waals surface area contributed by atoms with Gasteiger partial charge in [0, 0.05) is 0 Å². The molecule has 0 saturated heterocycles. The number of amides is 1. The summed E-state index contributed by atoms with van der Waals surface area (Å²) < 4.78 is 0. The van der Waals surface area contributed by atoms with Gasteiger partial charge in [-0.1, -0.05) is 5.59 Å². The van der Waals surface area contributed by atoms with Crippen LogP contribution in [-0.4, -0.2) is 16.1 Å². The first-order valence-electron chi connectivity index (χ1n) is 2.06. The third kappa shape index (κ3) is 0.868. The van der Waals surface area contributed by atoms with Crippen LogP contribution in [0.4, 0.5) is 0 Å². The van der Waals surface area contributed by atoms with E-state index in [1.54, 1.807) is 0 Å². The second-order valence-corrected chi connectivity index (χ2v) is 1.31. The Morgan fingerprint density at radius 1 is 1.44 bits per heavy atom. The summed E-state index contributed by atoms with van der Waals surface area (Å²) in [6.07, 6.45) is 0. The first kappa shape index (κ1) is 5.70. The van der Waals surface area contributed by atoms with Crippen molar-refractivity contribution in [2.45, 2.75) is 0 Å². The van der Waals surface area contributed by atoms with Crippen LogP contribution in [0.5, 0.6) is 0 Å². The topological polar surface area (TPSA) is 90.8 Å². The molecule has 1 rings (SSSR count). The fraction of sp³-hybridized carbons (Fsp3) is 0. The Balaban J connectivity index is 2.84. The fourth-order valence-corrected chi connectivity index (χ4v) is 0.325. The molecule has 0 spiro atoms. The molecule has 4 N–H and O–H groups in total. The van der Waals surface area contributed by atoms with E-state index in [4.69, 9.17) is 10.2 Å². The number of nitrogens with one attached hydrogen (secondary N) is 2. The molecule has 1 aliphatic rings. The number of carbonyl (C=O) groups is 1. The number of aliphatic hydroxyl groups excluding tert-OH is 2. The van der Waals surface area contributed by atoms with Crippen molar-refractivity contribution in [1.82, 2.24) is 11.0 Å². The molecular weight excluding hydrogens is 128 g/mol. The molecule has 6 heteroatoms. The number of hydrazine groups is 1. The number of aliphatic hydroxyl groups is 2. The molecule has 0 aliphatic carbocycles. The minimum atomic E-state index is -0.839. The summed E-state index contributed by atoms with van der Waals surface area (Å²) in [6.45, 7) is 0. The Hall–Kier alpha value is -1.43. The van der Waals surface area contributed by atoms with Crippen molar-refractivity contribution < 1.29 is 19.8 Å². The lowest BCUT2D eigenvalue weighted by Gasteiger charge is -2.12. The molecule has 6 nitrogen and oxygen atoms in total. The molecular formula is C3H4N2O4. The minimum Gasteiger partial charge on any atom is -0.498 e. The maximum Gasteiger partial charge on any atom is 0.348 e. The third-order valence-electron chi connectivity index (χ3n) is 0.730. The van der Waals surface area contributed by atoms with Crippen molar-refractivity contribution >= 4 is 5.91 Å². The van der Waals surface area contributed by atoms with Gasteiger partial charge in [0.1, 0.15) is 0 Å². The van der Waals surface area contributed by atoms with E-state index in [-0.39, 0.29) is 0 Å². The van der Waals surface area contributed by atoms with Gasteiger partial charge in [0.2, 0.25) is 0 Å². The van der Waals surface area contributed by atoms with Gasteiger partial charge in [-0.05, 0) is 0 Å². The SMILES string of the molecule is O=C1NNOC(O)=C1O. The zero-order valence-corrected chi connectivity index (χ0v) is 4.21. The van der Waals surface area contributed by atoms with Gasteiger partial charge in [-0.25, -0.2) is 0 Å². The lowest BCUT2D eigenvalue weighted by Crippen LogP contribution is -2.42. The monoisotopic (exact) mass is 132 g/mol. The number of rotatable bonds is 0. The zero-order valence-electron chi connectivity index (χ0n) is 4.21. The van der Waals surface area contributed by atoms with Gasteiger partial charge < -0.3 is 15.1 Å². The standard InChI is InChI=1S/C3H4N2O4/c6-1-2(7)4-5-9-3(1)8/h5-6,8H,(H,4,7).